The Bertz CT molecular complexity index is 469. The van der Waals surface area contributed by atoms with Gasteiger partial charge in [0.15, 0.2) is 0 Å². The summed E-state index contributed by atoms with van der Waals surface area (Å²) in [5, 5.41) is 10.8. The fourth-order valence-electron chi connectivity index (χ4n) is 1.29. The van der Waals surface area contributed by atoms with E-state index in [4.69, 9.17) is 0 Å². The quantitative estimate of drug-likeness (QED) is 0.634. The molecule has 1 heterocycles. The number of aromatic amines is 1. The number of hydrogen-bond donors (Lipinski definition) is 2. The van der Waals surface area contributed by atoms with Crippen LogP contribution in [0.3, 0.4) is 0 Å². The van der Waals surface area contributed by atoms with E-state index in [1.54, 1.807) is 23.9 Å². The molecule has 4 nitrogen and oxygen atoms in total. The first-order valence-corrected chi connectivity index (χ1v) is 6.24. The Morgan fingerprint density at radius 1 is 1.35 bits per heavy atom. The molecule has 0 aliphatic rings. The number of hydrogen-bond acceptors (Lipinski definition) is 4. The molecule has 0 radical (unpaired) electrons. The summed E-state index contributed by atoms with van der Waals surface area (Å²) in [6, 6.07) is 6.32. The Morgan fingerprint density at radius 2 is 2.12 bits per heavy atom. The molecule has 0 aliphatic carbocycles. The van der Waals surface area contributed by atoms with E-state index in [0.717, 1.165) is 29.0 Å². The maximum absolute atomic E-state index is 12.6. The summed E-state index contributed by atoms with van der Waals surface area (Å²) in [4.78, 5) is 4.19. The van der Waals surface area contributed by atoms with Crippen molar-refractivity contribution in [1.29, 1.82) is 0 Å². The van der Waals surface area contributed by atoms with E-state index >= 15 is 0 Å². The molecule has 2 aromatic rings. The van der Waals surface area contributed by atoms with Gasteiger partial charge in [0.1, 0.15) is 11.6 Å². The van der Waals surface area contributed by atoms with Crippen LogP contribution in [0.1, 0.15) is 5.82 Å². The van der Waals surface area contributed by atoms with E-state index in [2.05, 4.69) is 20.5 Å². The van der Waals surface area contributed by atoms with Crippen molar-refractivity contribution in [2.75, 3.05) is 17.6 Å². The summed E-state index contributed by atoms with van der Waals surface area (Å²) in [6.07, 6.45) is 0. The number of rotatable bonds is 5. The summed E-state index contributed by atoms with van der Waals surface area (Å²) in [5.74, 6) is 1.45. The second-order valence-electron chi connectivity index (χ2n) is 3.49. The van der Waals surface area contributed by atoms with Crippen LogP contribution in [0.4, 0.5) is 10.1 Å². The van der Waals surface area contributed by atoms with Crippen molar-refractivity contribution in [3.63, 3.8) is 0 Å². The van der Waals surface area contributed by atoms with Gasteiger partial charge in [0, 0.05) is 18.0 Å². The molecule has 90 valence electrons. The first kappa shape index (κ1) is 11.9. The Morgan fingerprint density at radius 3 is 2.76 bits per heavy atom. The lowest BCUT2D eigenvalue weighted by Crippen LogP contribution is -2.03. The average molecular weight is 252 g/mol. The minimum Gasteiger partial charge on any atom is -0.384 e. The average Bonchev–Trinajstić information content (AvgIpc) is 2.73. The number of benzene rings is 1. The van der Waals surface area contributed by atoms with Gasteiger partial charge in [0.05, 0.1) is 0 Å². The van der Waals surface area contributed by atoms with Crippen LogP contribution in [0, 0.1) is 12.7 Å². The molecular formula is C11H13FN4S. The maximum Gasteiger partial charge on any atom is 0.208 e. The number of nitrogens with zero attached hydrogens (tertiary/aromatic N) is 2. The third-order valence-corrected chi connectivity index (χ3v) is 2.93. The van der Waals surface area contributed by atoms with Crippen molar-refractivity contribution in [2.45, 2.75) is 12.1 Å². The molecule has 0 spiro atoms. The third kappa shape index (κ3) is 3.74. The van der Waals surface area contributed by atoms with E-state index in [1.807, 2.05) is 6.92 Å². The predicted octanol–water partition coefficient (Wildman–Crippen LogP) is 2.46. The molecule has 0 unspecified atom stereocenters. The molecule has 17 heavy (non-hydrogen) atoms. The van der Waals surface area contributed by atoms with Gasteiger partial charge in [-0.25, -0.2) is 9.37 Å². The van der Waals surface area contributed by atoms with Crippen LogP contribution in [-0.2, 0) is 0 Å². The van der Waals surface area contributed by atoms with Gasteiger partial charge < -0.3 is 5.32 Å². The Labute approximate surface area is 103 Å². The number of H-pyrrole nitrogens is 1. The molecule has 0 saturated heterocycles. The highest BCUT2D eigenvalue weighted by Crippen LogP contribution is 2.12. The zero-order chi connectivity index (χ0) is 12.1. The van der Waals surface area contributed by atoms with Crippen molar-refractivity contribution in [3.8, 4) is 0 Å². The SMILES string of the molecule is Cc1nc(SCCNc2ccc(F)cc2)n[nH]1. The lowest BCUT2D eigenvalue weighted by molar-refractivity contribution is 0.628. The van der Waals surface area contributed by atoms with Crippen LogP contribution in [0.2, 0.25) is 0 Å². The highest BCUT2D eigenvalue weighted by molar-refractivity contribution is 7.99. The fourth-order valence-corrected chi connectivity index (χ4v) is 1.99. The fraction of sp³-hybridized carbons (Fsp3) is 0.273. The Hall–Kier alpha value is -1.56. The van der Waals surface area contributed by atoms with Crippen LogP contribution in [0.25, 0.3) is 0 Å². The molecule has 0 fully saturated rings. The van der Waals surface area contributed by atoms with Crippen molar-refractivity contribution >= 4 is 17.4 Å². The van der Waals surface area contributed by atoms with E-state index < -0.39 is 0 Å². The summed E-state index contributed by atoms with van der Waals surface area (Å²) in [5.41, 5.74) is 0.915. The van der Waals surface area contributed by atoms with Crippen molar-refractivity contribution in [3.05, 3.63) is 35.9 Å². The number of anilines is 1. The number of halogens is 1. The Balaban J connectivity index is 1.71. The lowest BCUT2D eigenvalue weighted by Gasteiger charge is -2.04. The topological polar surface area (TPSA) is 53.6 Å². The van der Waals surface area contributed by atoms with E-state index in [0.29, 0.717) is 0 Å². The zero-order valence-corrected chi connectivity index (χ0v) is 10.2. The highest BCUT2D eigenvalue weighted by atomic mass is 32.2. The van der Waals surface area contributed by atoms with Gasteiger partial charge in [0.25, 0.3) is 0 Å². The smallest absolute Gasteiger partial charge is 0.208 e. The van der Waals surface area contributed by atoms with Gasteiger partial charge in [-0.3, -0.25) is 5.10 Å². The number of aryl methyl sites for hydroxylation is 1. The normalized spacial score (nSPS) is 10.5. The lowest BCUT2D eigenvalue weighted by atomic mass is 10.3. The largest absolute Gasteiger partial charge is 0.384 e. The summed E-state index contributed by atoms with van der Waals surface area (Å²) >= 11 is 1.57. The maximum atomic E-state index is 12.6. The Kier molecular flexibility index (Phi) is 3.98. The van der Waals surface area contributed by atoms with Gasteiger partial charge in [-0.2, -0.15) is 0 Å². The van der Waals surface area contributed by atoms with Gasteiger partial charge >= 0.3 is 0 Å². The molecule has 6 heteroatoms. The zero-order valence-electron chi connectivity index (χ0n) is 9.40. The first-order chi connectivity index (χ1) is 8.24. The van der Waals surface area contributed by atoms with Gasteiger partial charge in [0.2, 0.25) is 5.16 Å². The summed E-state index contributed by atoms with van der Waals surface area (Å²) < 4.78 is 12.6. The molecule has 0 amide bonds. The second kappa shape index (κ2) is 5.67. The van der Waals surface area contributed by atoms with Crippen LogP contribution in [0.5, 0.6) is 0 Å². The second-order valence-corrected chi connectivity index (χ2v) is 4.55. The molecule has 1 aromatic heterocycles. The predicted molar refractivity (Wildman–Crippen MR) is 66.7 cm³/mol. The number of nitrogens with one attached hydrogen (secondary N) is 2. The summed E-state index contributed by atoms with van der Waals surface area (Å²) in [7, 11) is 0. The minimum atomic E-state index is -0.221. The minimum absolute atomic E-state index is 0.221. The first-order valence-electron chi connectivity index (χ1n) is 5.25. The van der Waals surface area contributed by atoms with E-state index in [1.165, 1.54) is 12.1 Å². The summed E-state index contributed by atoms with van der Waals surface area (Å²) in [6.45, 7) is 2.65. The van der Waals surface area contributed by atoms with Gasteiger partial charge in [-0.15, -0.1) is 5.10 Å². The molecule has 2 N–H and O–H groups in total. The van der Waals surface area contributed by atoms with E-state index in [9.17, 15) is 4.39 Å². The van der Waals surface area contributed by atoms with E-state index in [-0.39, 0.29) is 5.82 Å². The molecule has 0 atom stereocenters. The molecule has 1 aromatic carbocycles. The van der Waals surface area contributed by atoms with Crippen molar-refractivity contribution < 1.29 is 4.39 Å². The molecular weight excluding hydrogens is 239 g/mol. The van der Waals surface area contributed by atoms with Crippen LogP contribution in [0.15, 0.2) is 29.4 Å². The molecule has 0 saturated carbocycles. The standard InChI is InChI=1S/C11H13FN4S/c1-8-14-11(16-15-8)17-7-6-13-10-4-2-9(12)3-5-10/h2-5,13H,6-7H2,1H3,(H,14,15,16). The highest BCUT2D eigenvalue weighted by Gasteiger charge is 1.99. The molecule has 0 bridgehead atoms. The molecule has 2 rings (SSSR count). The van der Waals surface area contributed by atoms with Crippen molar-refractivity contribution in [2.24, 2.45) is 0 Å². The monoisotopic (exact) mass is 252 g/mol. The van der Waals surface area contributed by atoms with Crippen LogP contribution < -0.4 is 5.32 Å². The number of thioether (sulfide) groups is 1. The van der Waals surface area contributed by atoms with Gasteiger partial charge in [-0.05, 0) is 31.2 Å². The number of aromatic nitrogens is 3. The van der Waals surface area contributed by atoms with Crippen molar-refractivity contribution in [1.82, 2.24) is 15.2 Å². The van der Waals surface area contributed by atoms with Gasteiger partial charge in [-0.1, -0.05) is 11.8 Å². The van der Waals surface area contributed by atoms with Crippen LogP contribution >= 0.6 is 11.8 Å². The molecule has 0 aliphatic heterocycles. The van der Waals surface area contributed by atoms with Crippen LogP contribution in [-0.4, -0.2) is 27.5 Å². The third-order valence-electron chi connectivity index (χ3n) is 2.08.